The highest BCUT2D eigenvalue weighted by atomic mass is 35.5. The minimum Gasteiger partial charge on any atom is -0.218 e. The first-order valence-electron chi connectivity index (χ1n) is 1.98. The van der Waals surface area contributed by atoms with E-state index in [9.17, 15) is 0 Å². The number of hydrogen-bond acceptors (Lipinski definition) is 3. The lowest BCUT2D eigenvalue weighted by molar-refractivity contribution is 1.26. The Labute approximate surface area is 61.1 Å². The predicted octanol–water partition coefficient (Wildman–Crippen LogP) is 2.52. The lowest BCUT2D eigenvalue weighted by Gasteiger charge is -1.78. The van der Waals surface area contributed by atoms with Gasteiger partial charge in [-0.1, -0.05) is 23.4 Å². The van der Waals surface area contributed by atoms with Crippen molar-refractivity contribution in [2.45, 2.75) is 4.34 Å². The standard InChI is InChI=1S/C4H4ClNS2/c1-7-4-6-3(5)2-8-4/h2H,1H3. The SMILES string of the molecule is CSc1nc(Cl)cs1. The number of thioether (sulfide) groups is 1. The fraction of sp³-hybridized carbons (Fsp3) is 0.250. The molecule has 0 amide bonds. The van der Waals surface area contributed by atoms with Gasteiger partial charge in [0, 0.05) is 5.38 Å². The van der Waals surface area contributed by atoms with Crippen LogP contribution in [0.15, 0.2) is 9.72 Å². The lowest BCUT2D eigenvalue weighted by Crippen LogP contribution is -1.61. The van der Waals surface area contributed by atoms with Gasteiger partial charge in [-0.2, -0.15) is 0 Å². The van der Waals surface area contributed by atoms with Crippen LogP contribution in [0.1, 0.15) is 0 Å². The highest BCUT2D eigenvalue weighted by Crippen LogP contribution is 2.21. The van der Waals surface area contributed by atoms with E-state index in [1.165, 1.54) is 0 Å². The molecule has 0 N–H and O–H groups in total. The average Bonchev–Trinajstić information content (AvgIpc) is 2.14. The first kappa shape index (κ1) is 6.39. The third kappa shape index (κ3) is 1.37. The normalized spacial score (nSPS) is 9.75. The summed E-state index contributed by atoms with van der Waals surface area (Å²) in [5, 5.41) is 2.42. The monoisotopic (exact) mass is 165 g/mol. The molecule has 0 spiro atoms. The summed E-state index contributed by atoms with van der Waals surface area (Å²) in [5.41, 5.74) is 0. The molecule has 8 heavy (non-hydrogen) atoms. The fourth-order valence-corrected chi connectivity index (χ4v) is 1.77. The van der Waals surface area contributed by atoms with Crippen LogP contribution in [-0.4, -0.2) is 11.2 Å². The van der Waals surface area contributed by atoms with Crippen molar-refractivity contribution >= 4 is 34.7 Å². The van der Waals surface area contributed by atoms with Crippen molar-refractivity contribution in [3.05, 3.63) is 10.5 Å². The molecule has 0 bridgehead atoms. The van der Waals surface area contributed by atoms with Gasteiger partial charge in [0.05, 0.1) is 0 Å². The van der Waals surface area contributed by atoms with Gasteiger partial charge in [0.2, 0.25) is 0 Å². The second-order valence-corrected chi connectivity index (χ2v) is 3.44. The zero-order valence-electron chi connectivity index (χ0n) is 4.22. The smallest absolute Gasteiger partial charge is 0.151 e. The van der Waals surface area contributed by atoms with Gasteiger partial charge in [-0.25, -0.2) is 4.98 Å². The largest absolute Gasteiger partial charge is 0.218 e. The lowest BCUT2D eigenvalue weighted by atomic mass is 11.0. The molecule has 1 aromatic rings. The highest BCUT2D eigenvalue weighted by Gasteiger charge is 1.93. The molecule has 0 saturated carbocycles. The number of rotatable bonds is 1. The van der Waals surface area contributed by atoms with Crippen LogP contribution in [0.3, 0.4) is 0 Å². The summed E-state index contributed by atoms with van der Waals surface area (Å²) in [4.78, 5) is 3.98. The highest BCUT2D eigenvalue weighted by molar-refractivity contribution is 8.00. The Bertz CT molecular complexity index is 174. The van der Waals surface area contributed by atoms with Gasteiger partial charge in [0.25, 0.3) is 0 Å². The second kappa shape index (κ2) is 2.71. The van der Waals surface area contributed by atoms with Gasteiger partial charge < -0.3 is 0 Å². The molecule has 0 aliphatic heterocycles. The van der Waals surface area contributed by atoms with Crippen LogP contribution in [0, 0.1) is 0 Å². The molecule has 4 heteroatoms. The molecule has 0 aromatic carbocycles. The quantitative estimate of drug-likeness (QED) is 0.594. The number of thiazole rings is 1. The average molecular weight is 166 g/mol. The summed E-state index contributed by atoms with van der Waals surface area (Å²) >= 11 is 8.71. The van der Waals surface area contributed by atoms with Crippen LogP contribution in [0.4, 0.5) is 0 Å². The van der Waals surface area contributed by atoms with E-state index in [0.29, 0.717) is 5.15 Å². The molecule has 1 nitrogen and oxygen atoms in total. The Morgan fingerprint density at radius 1 is 1.88 bits per heavy atom. The van der Waals surface area contributed by atoms with Gasteiger partial charge >= 0.3 is 0 Å². The van der Waals surface area contributed by atoms with Crippen LogP contribution in [0.25, 0.3) is 0 Å². The van der Waals surface area contributed by atoms with Crippen molar-refractivity contribution in [3.8, 4) is 0 Å². The maximum absolute atomic E-state index is 5.53. The minimum absolute atomic E-state index is 0.597. The molecule has 0 fully saturated rings. The van der Waals surface area contributed by atoms with E-state index in [4.69, 9.17) is 11.6 Å². The summed E-state index contributed by atoms with van der Waals surface area (Å²) in [6, 6.07) is 0. The van der Waals surface area contributed by atoms with Crippen molar-refractivity contribution in [3.63, 3.8) is 0 Å². The molecule has 0 aliphatic rings. The summed E-state index contributed by atoms with van der Waals surface area (Å²) in [6.07, 6.45) is 1.98. The third-order valence-electron chi connectivity index (χ3n) is 0.630. The summed E-state index contributed by atoms with van der Waals surface area (Å²) in [5.74, 6) is 0. The first-order valence-corrected chi connectivity index (χ1v) is 4.46. The maximum atomic E-state index is 5.53. The molecule has 1 aromatic heterocycles. The Kier molecular flexibility index (Phi) is 2.16. The van der Waals surface area contributed by atoms with E-state index in [2.05, 4.69) is 4.98 Å². The molecular formula is C4H4ClNS2. The summed E-state index contributed by atoms with van der Waals surface area (Å²) < 4.78 is 1.02. The van der Waals surface area contributed by atoms with Gasteiger partial charge in [0.15, 0.2) is 4.34 Å². The Hall–Kier alpha value is 0.270. The number of aromatic nitrogens is 1. The molecule has 0 atom stereocenters. The Morgan fingerprint density at radius 3 is 2.88 bits per heavy atom. The molecule has 1 heterocycles. The van der Waals surface area contributed by atoms with Crippen molar-refractivity contribution < 1.29 is 0 Å². The minimum atomic E-state index is 0.597. The molecule has 0 radical (unpaired) electrons. The zero-order chi connectivity index (χ0) is 5.98. The molecule has 44 valence electrons. The van der Waals surface area contributed by atoms with E-state index in [-0.39, 0.29) is 0 Å². The topological polar surface area (TPSA) is 12.9 Å². The van der Waals surface area contributed by atoms with Crippen molar-refractivity contribution in [2.75, 3.05) is 6.26 Å². The maximum Gasteiger partial charge on any atom is 0.151 e. The van der Waals surface area contributed by atoms with Crippen LogP contribution < -0.4 is 0 Å². The van der Waals surface area contributed by atoms with Gasteiger partial charge in [0.1, 0.15) is 5.15 Å². The van der Waals surface area contributed by atoms with E-state index in [1.54, 1.807) is 23.1 Å². The molecule has 0 saturated heterocycles. The predicted molar refractivity (Wildman–Crippen MR) is 38.9 cm³/mol. The summed E-state index contributed by atoms with van der Waals surface area (Å²) in [6.45, 7) is 0. The van der Waals surface area contributed by atoms with Crippen molar-refractivity contribution in [1.82, 2.24) is 4.98 Å². The van der Waals surface area contributed by atoms with Crippen LogP contribution in [-0.2, 0) is 0 Å². The molecule has 0 unspecified atom stereocenters. The van der Waals surface area contributed by atoms with E-state index < -0.39 is 0 Å². The van der Waals surface area contributed by atoms with E-state index in [1.807, 2.05) is 11.6 Å². The summed E-state index contributed by atoms with van der Waals surface area (Å²) in [7, 11) is 0. The number of halogens is 1. The molecule has 0 aliphatic carbocycles. The van der Waals surface area contributed by atoms with E-state index in [0.717, 1.165) is 4.34 Å². The Morgan fingerprint density at radius 2 is 2.62 bits per heavy atom. The van der Waals surface area contributed by atoms with Gasteiger partial charge in [-0.3, -0.25) is 0 Å². The first-order chi connectivity index (χ1) is 3.83. The van der Waals surface area contributed by atoms with Crippen LogP contribution in [0.2, 0.25) is 5.15 Å². The zero-order valence-corrected chi connectivity index (χ0v) is 6.61. The van der Waals surface area contributed by atoms with Crippen molar-refractivity contribution in [1.29, 1.82) is 0 Å². The van der Waals surface area contributed by atoms with Gasteiger partial charge in [-0.05, 0) is 6.26 Å². The third-order valence-corrected chi connectivity index (χ3v) is 2.82. The Balaban J connectivity index is 2.84. The van der Waals surface area contributed by atoms with Crippen LogP contribution >= 0.6 is 34.7 Å². The molecular weight excluding hydrogens is 162 g/mol. The number of nitrogens with zero attached hydrogens (tertiary/aromatic N) is 1. The fourth-order valence-electron chi connectivity index (χ4n) is 0.333. The van der Waals surface area contributed by atoms with Crippen molar-refractivity contribution in [2.24, 2.45) is 0 Å². The van der Waals surface area contributed by atoms with Crippen LogP contribution in [0.5, 0.6) is 0 Å². The molecule has 1 rings (SSSR count). The van der Waals surface area contributed by atoms with Gasteiger partial charge in [-0.15, -0.1) is 11.3 Å². The van der Waals surface area contributed by atoms with E-state index >= 15 is 0 Å². The number of hydrogen-bond donors (Lipinski definition) is 0. The second-order valence-electron chi connectivity index (χ2n) is 1.14.